The first-order valence-corrected chi connectivity index (χ1v) is 4.28. The minimum atomic E-state index is -0.162. The highest BCUT2D eigenvalue weighted by Gasteiger charge is 2.10. The molecule has 0 unspecified atom stereocenters. The zero-order valence-electron chi connectivity index (χ0n) is 8.48. The highest BCUT2D eigenvalue weighted by molar-refractivity contribution is 5.85. The van der Waals surface area contributed by atoms with Gasteiger partial charge in [0.2, 0.25) is 0 Å². The summed E-state index contributed by atoms with van der Waals surface area (Å²) >= 11 is 0. The Hall–Kier alpha value is -1.32. The first-order valence-electron chi connectivity index (χ1n) is 4.28. The van der Waals surface area contributed by atoms with Crippen molar-refractivity contribution in [2.75, 3.05) is 0 Å². The molecule has 4 heteroatoms. The van der Waals surface area contributed by atoms with Gasteiger partial charge >= 0.3 is 0 Å². The van der Waals surface area contributed by atoms with E-state index in [1.807, 2.05) is 40.3 Å². The third-order valence-electron chi connectivity index (χ3n) is 1.75. The maximum absolute atomic E-state index is 11.5. The number of hydrogen-bond acceptors (Lipinski definition) is 2. The molecule has 0 aliphatic rings. The van der Waals surface area contributed by atoms with E-state index in [9.17, 15) is 5.11 Å². The minimum Gasteiger partial charge on any atom is -0.853 e. The second kappa shape index (κ2) is 3.60. The molecule has 0 bridgehead atoms. The molecule has 0 N–H and O–H groups in total. The van der Waals surface area contributed by atoms with Gasteiger partial charge in [-0.05, 0) is 13.8 Å². The van der Waals surface area contributed by atoms with E-state index in [1.54, 1.807) is 9.13 Å². The van der Waals surface area contributed by atoms with Crippen LogP contribution in [0.5, 0.6) is 0 Å². The SMILES string of the molecule is CC(C)/N=C(\[O-])c1n(C)cc[n+]1C. The summed E-state index contributed by atoms with van der Waals surface area (Å²) in [7, 11) is 3.67. The van der Waals surface area contributed by atoms with Gasteiger partial charge in [-0.1, -0.05) is 0 Å². The third kappa shape index (κ3) is 2.08. The number of aromatic nitrogens is 2. The van der Waals surface area contributed by atoms with Gasteiger partial charge in [-0.15, -0.1) is 0 Å². The van der Waals surface area contributed by atoms with Crippen LogP contribution in [0.25, 0.3) is 0 Å². The quantitative estimate of drug-likeness (QED) is 0.340. The summed E-state index contributed by atoms with van der Waals surface area (Å²) in [5, 5.41) is 11.5. The average Bonchev–Trinajstić information content (AvgIpc) is 2.29. The van der Waals surface area contributed by atoms with Crippen molar-refractivity contribution in [2.45, 2.75) is 19.9 Å². The normalized spacial score (nSPS) is 12.5. The van der Waals surface area contributed by atoms with E-state index in [2.05, 4.69) is 4.99 Å². The lowest BCUT2D eigenvalue weighted by atomic mass is 10.4. The molecule has 0 aliphatic heterocycles. The van der Waals surface area contributed by atoms with Crippen molar-refractivity contribution in [1.82, 2.24) is 4.57 Å². The lowest BCUT2D eigenvalue weighted by molar-refractivity contribution is -0.674. The van der Waals surface area contributed by atoms with Gasteiger partial charge in [0, 0.05) is 6.04 Å². The van der Waals surface area contributed by atoms with Crippen molar-refractivity contribution < 1.29 is 9.67 Å². The molecular weight excluding hydrogens is 166 g/mol. The van der Waals surface area contributed by atoms with Gasteiger partial charge in [-0.2, -0.15) is 0 Å². The van der Waals surface area contributed by atoms with Crippen LogP contribution in [-0.4, -0.2) is 16.5 Å². The largest absolute Gasteiger partial charge is 0.853 e. The molecule has 1 aromatic rings. The minimum absolute atomic E-state index is 0.0439. The molecule has 0 atom stereocenters. The molecule has 1 rings (SSSR count). The van der Waals surface area contributed by atoms with Crippen molar-refractivity contribution in [3.63, 3.8) is 0 Å². The van der Waals surface area contributed by atoms with E-state index >= 15 is 0 Å². The Kier molecular flexibility index (Phi) is 2.70. The molecule has 0 aromatic carbocycles. The van der Waals surface area contributed by atoms with Gasteiger partial charge < -0.3 is 5.11 Å². The monoisotopic (exact) mass is 181 g/mol. The molecule has 0 spiro atoms. The van der Waals surface area contributed by atoms with Crippen LogP contribution in [0.1, 0.15) is 19.7 Å². The maximum atomic E-state index is 11.5. The first-order chi connectivity index (χ1) is 6.02. The van der Waals surface area contributed by atoms with Crippen LogP contribution in [-0.2, 0) is 14.1 Å². The second-order valence-electron chi connectivity index (χ2n) is 3.37. The Morgan fingerprint density at radius 3 is 2.62 bits per heavy atom. The number of imidazole rings is 1. The molecule has 4 nitrogen and oxygen atoms in total. The number of nitrogens with zero attached hydrogens (tertiary/aromatic N) is 3. The molecule has 0 saturated heterocycles. The summed E-state index contributed by atoms with van der Waals surface area (Å²) in [5.74, 6) is 0.443. The fraction of sp³-hybridized carbons (Fsp3) is 0.556. The Morgan fingerprint density at radius 1 is 1.62 bits per heavy atom. The average molecular weight is 181 g/mol. The summed E-state index contributed by atoms with van der Waals surface area (Å²) in [6, 6.07) is 0.0439. The number of hydrogen-bond donors (Lipinski definition) is 0. The third-order valence-corrected chi connectivity index (χ3v) is 1.75. The Bertz CT molecular complexity index is 306. The summed E-state index contributed by atoms with van der Waals surface area (Å²) in [6.07, 6.45) is 3.67. The van der Waals surface area contributed by atoms with Crippen molar-refractivity contribution in [3.05, 3.63) is 18.2 Å². The van der Waals surface area contributed by atoms with Crippen molar-refractivity contribution in [1.29, 1.82) is 0 Å². The Balaban J connectivity index is 3.07. The van der Waals surface area contributed by atoms with E-state index < -0.39 is 0 Å². The summed E-state index contributed by atoms with van der Waals surface area (Å²) in [6.45, 7) is 3.78. The zero-order valence-corrected chi connectivity index (χ0v) is 8.48. The van der Waals surface area contributed by atoms with E-state index in [1.165, 1.54) is 0 Å². The molecule has 0 fully saturated rings. The van der Waals surface area contributed by atoms with Gasteiger partial charge in [0.1, 0.15) is 12.4 Å². The van der Waals surface area contributed by atoms with Crippen LogP contribution in [0.3, 0.4) is 0 Å². The van der Waals surface area contributed by atoms with Crippen LogP contribution < -0.4 is 9.67 Å². The molecule has 0 amide bonds. The molecule has 1 heterocycles. The molecule has 1 aromatic heterocycles. The molecule has 13 heavy (non-hydrogen) atoms. The van der Waals surface area contributed by atoms with Gasteiger partial charge in [-0.3, -0.25) is 4.99 Å². The summed E-state index contributed by atoms with van der Waals surface area (Å²) < 4.78 is 3.54. The van der Waals surface area contributed by atoms with Crippen molar-refractivity contribution in [2.24, 2.45) is 19.1 Å². The lowest BCUT2D eigenvalue weighted by Gasteiger charge is -2.08. The second-order valence-corrected chi connectivity index (χ2v) is 3.37. The lowest BCUT2D eigenvalue weighted by Crippen LogP contribution is -2.40. The van der Waals surface area contributed by atoms with Gasteiger partial charge in [0.05, 0.1) is 20.0 Å². The van der Waals surface area contributed by atoms with Crippen molar-refractivity contribution >= 4 is 5.90 Å². The highest BCUT2D eigenvalue weighted by Crippen LogP contribution is 1.93. The van der Waals surface area contributed by atoms with E-state index in [-0.39, 0.29) is 11.9 Å². The molecule has 72 valence electrons. The molecular formula is C9H15N3O. The molecule has 0 aliphatic carbocycles. The summed E-state index contributed by atoms with van der Waals surface area (Å²) in [5.41, 5.74) is 0. The van der Waals surface area contributed by atoms with Crippen LogP contribution >= 0.6 is 0 Å². The predicted octanol–water partition coefficient (Wildman–Crippen LogP) is -0.635. The van der Waals surface area contributed by atoms with Crippen LogP contribution in [0.4, 0.5) is 0 Å². The van der Waals surface area contributed by atoms with E-state index in [0.717, 1.165) is 0 Å². The topological polar surface area (TPSA) is 44.2 Å². The van der Waals surface area contributed by atoms with Crippen LogP contribution in [0.15, 0.2) is 17.4 Å². The highest BCUT2D eigenvalue weighted by atomic mass is 16.3. The first kappa shape index (κ1) is 9.77. The van der Waals surface area contributed by atoms with Crippen LogP contribution in [0, 0.1) is 0 Å². The maximum Gasteiger partial charge on any atom is 0.291 e. The van der Waals surface area contributed by atoms with E-state index in [4.69, 9.17) is 0 Å². The summed E-state index contributed by atoms with van der Waals surface area (Å²) in [4.78, 5) is 3.96. The fourth-order valence-electron chi connectivity index (χ4n) is 1.18. The van der Waals surface area contributed by atoms with Crippen LogP contribution in [0.2, 0.25) is 0 Å². The molecule has 0 radical (unpaired) electrons. The van der Waals surface area contributed by atoms with Gasteiger partial charge in [0.25, 0.3) is 5.82 Å². The zero-order chi connectivity index (χ0) is 10.0. The predicted molar refractivity (Wildman–Crippen MR) is 48.3 cm³/mol. The Morgan fingerprint density at radius 2 is 2.23 bits per heavy atom. The molecule has 0 saturated carbocycles. The van der Waals surface area contributed by atoms with Gasteiger partial charge in [0.15, 0.2) is 0 Å². The number of rotatable bonds is 2. The fourth-order valence-corrected chi connectivity index (χ4v) is 1.18. The van der Waals surface area contributed by atoms with Crippen molar-refractivity contribution in [3.8, 4) is 0 Å². The number of aliphatic imine (C=N–C) groups is 1. The standard InChI is InChI=1S/C9H15N3O/c1-7(2)10-8(13)9-11(3)5-6-12(9)4/h5-7H,1-4H3. The van der Waals surface area contributed by atoms with Gasteiger partial charge in [-0.25, -0.2) is 9.13 Å². The van der Waals surface area contributed by atoms with E-state index in [0.29, 0.717) is 5.82 Å². The number of aryl methyl sites for hydroxylation is 2. The smallest absolute Gasteiger partial charge is 0.291 e. The Labute approximate surface area is 78.2 Å².